The van der Waals surface area contributed by atoms with Crippen molar-refractivity contribution in [1.29, 1.82) is 0 Å². The molecule has 0 saturated heterocycles. The Morgan fingerprint density at radius 2 is 1.80 bits per heavy atom. The highest BCUT2D eigenvalue weighted by Gasteiger charge is 2.19. The summed E-state index contributed by atoms with van der Waals surface area (Å²) in [6, 6.07) is 9.26. The first-order valence-electron chi connectivity index (χ1n) is 7.74. The van der Waals surface area contributed by atoms with E-state index >= 15 is 0 Å². The summed E-state index contributed by atoms with van der Waals surface area (Å²) >= 11 is 0. The lowest BCUT2D eigenvalue weighted by Gasteiger charge is -2.31. The summed E-state index contributed by atoms with van der Waals surface area (Å²) in [6.45, 7) is 8.63. The van der Waals surface area contributed by atoms with E-state index in [1.165, 1.54) is 18.4 Å². The van der Waals surface area contributed by atoms with Crippen LogP contribution in [0.25, 0.3) is 0 Å². The molecule has 1 rings (SSSR count). The standard InChI is InChI=1S/C17H30N2O/c1-6-14(7-2)19(4)13-16(18-8-3)15-11-9-10-12-17(15)20-5/h9-12,14,16,18H,6-8,13H2,1-5H3. The number of nitrogens with one attached hydrogen (secondary N) is 1. The maximum Gasteiger partial charge on any atom is 0.123 e. The maximum atomic E-state index is 5.51. The highest BCUT2D eigenvalue weighted by molar-refractivity contribution is 5.36. The van der Waals surface area contributed by atoms with Gasteiger partial charge in [-0.05, 0) is 32.5 Å². The van der Waals surface area contributed by atoms with Gasteiger partial charge in [-0.2, -0.15) is 0 Å². The smallest absolute Gasteiger partial charge is 0.123 e. The van der Waals surface area contributed by atoms with E-state index in [4.69, 9.17) is 4.74 Å². The number of methoxy groups -OCH3 is 1. The van der Waals surface area contributed by atoms with Crippen molar-refractivity contribution < 1.29 is 4.74 Å². The Balaban J connectivity index is 2.88. The van der Waals surface area contributed by atoms with Crippen LogP contribution in [0.3, 0.4) is 0 Å². The number of hydrogen-bond acceptors (Lipinski definition) is 3. The average Bonchev–Trinajstić information content (AvgIpc) is 2.48. The SMILES string of the molecule is CCNC(CN(C)C(CC)CC)c1ccccc1OC. The number of ether oxygens (including phenoxy) is 1. The molecule has 1 N–H and O–H groups in total. The molecule has 0 aliphatic carbocycles. The van der Waals surface area contributed by atoms with E-state index in [-0.39, 0.29) is 0 Å². The van der Waals surface area contributed by atoms with Crippen LogP contribution in [-0.2, 0) is 0 Å². The number of hydrogen-bond donors (Lipinski definition) is 1. The number of rotatable bonds is 9. The van der Waals surface area contributed by atoms with Crippen LogP contribution in [0.15, 0.2) is 24.3 Å². The fourth-order valence-electron chi connectivity index (χ4n) is 2.82. The summed E-state index contributed by atoms with van der Waals surface area (Å²) in [5.41, 5.74) is 1.25. The molecule has 3 heteroatoms. The number of para-hydroxylation sites is 1. The highest BCUT2D eigenvalue weighted by Crippen LogP contribution is 2.26. The van der Waals surface area contributed by atoms with Crippen molar-refractivity contribution >= 4 is 0 Å². The molecule has 20 heavy (non-hydrogen) atoms. The second-order valence-electron chi connectivity index (χ2n) is 5.26. The second kappa shape index (κ2) is 8.98. The molecule has 0 saturated carbocycles. The van der Waals surface area contributed by atoms with Gasteiger partial charge in [0.15, 0.2) is 0 Å². The van der Waals surface area contributed by atoms with Crippen LogP contribution in [0.1, 0.15) is 45.2 Å². The summed E-state index contributed by atoms with van der Waals surface area (Å²) < 4.78 is 5.51. The molecule has 114 valence electrons. The van der Waals surface area contributed by atoms with Gasteiger partial charge >= 0.3 is 0 Å². The van der Waals surface area contributed by atoms with Crippen LogP contribution in [0.5, 0.6) is 5.75 Å². The summed E-state index contributed by atoms with van der Waals surface area (Å²) in [5, 5.41) is 3.59. The third kappa shape index (κ3) is 4.50. The minimum Gasteiger partial charge on any atom is -0.496 e. The minimum absolute atomic E-state index is 0.307. The molecule has 0 fully saturated rings. The Hall–Kier alpha value is -1.06. The van der Waals surface area contributed by atoms with E-state index in [1.807, 2.05) is 12.1 Å². The van der Waals surface area contributed by atoms with Crippen molar-refractivity contribution in [2.75, 3.05) is 27.2 Å². The Morgan fingerprint density at radius 3 is 2.35 bits per heavy atom. The first kappa shape index (κ1) is 17.0. The van der Waals surface area contributed by atoms with Gasteiger partial charge in [0.2, 0.25) is 0 Å². The molecule has 0 aromatic heterocycles. The second-order valence-corrected chi connectivity index (χ2v) is 5.26. The van der Waals surface area contributed by atoms with E-state index in [9.17, 15) is 0 Å². The van der Waals surface area contributed by atoms with Crippen molar-refractivity contribution in [2.45, 2.75) is 45.7 Å². The average molecular weight is 278 g/mol. The number of benzene rings is 1. The van der Waals surface area contributed by atoms with Gasteiger partial charge in [0.25, 0.3) is 0 Å². The van der Waals surface area contributed by atoms with Crippen LogP contribution in [0.2, 0.25) is 0 Å². The Morgan fingerprint density at radius 1 is 1.15 bits per heavy atom. The normalized spacial score (nSPS) is 12.9. The molecule has 0 aliphatic heterocycles. The topological polar surface area (TPSA) is 24.5 Å². The Kier molecular flexibility index (Phi) is 7.63. The summed E-state index contributed by atoms with van der Waals surface area (Å²) in [4.78, 5) is 2.46. The van der Waals surface area contributed by atoms with Crippen molar-refractivity contribution in [2.24, 2.45) is 0 Å². The zero-order valence-electron chi connectivity index (χ0n) is 13.6. The first-order chi connectivity index (χ1) is 9.67. The minimum atomic E-state index is 0.307. The van der Waals surface area contributed by atoms with Crippen LogP contribution in [0.4, 0.5) is 0 Å². The van der Waals surface area contributed by atoms with Gasteiger partial charge in [0, 0.05) is 24.2 Å². The molecule has 3 nitrogen and oxygen atoms in total. The van der Waals surface area contributed by atoms with Gasteiger partial charge in [0.1, 0.15) is 5.75 Å². The quantitative estimate of drug-likeness (QED) is 0.748. The Labute approximate surface area is 124 Å². The molecule has 0 heterocycles. The third-order valence-electron chi connectivity index (χ3n) is 4.00. The van der Waals surface area contributed by atoms with E-state index in [0.717, 1.165) is 18.8 Å². The summed E-state index contributed by atoms with van der Waals surface area (Å²) in [6.07, 6.45) is 2.38. The fourth-order valence-corrected chi connectivity index (χ4v) is 2.82. The zero-order chi connectivity index (χ0) is 15.0. The number of likely N-dealkylation sites (N-methyl/N-ethyl adjacent to an activating group) is 2. The van der Waals surface area contributed by atoms with E-state index in [1.54, 1.807) is 7.11 Å². The van der Waals surface area contributed by atoms with Gasteiger partial charge in [-0.1, -0.05) is 39.0 Å². The van der Waals surface area contributed by atoms with E-state index in [2.05, 4.69) is 50.2 Å². The van der Waals surface area contributed by atoms with Crippen molar-refractivity contribution in [3.8, 4) is 5.75 Å². The monoisotopic (exact) mass is 278 g/mol. The van der Waals surface area contributed by atoms with Crippen molar-refractivity contribution in [3.63, 3.8) is 0 Å². The first-order valence-corrected chi connectivity index (χ1v) is 7.74. The summed E-state index contributed by atoms with van der Waals surface area (Å²) in [7, 11) is 3.96. The van der Waals surface area contributed by atoms with Crippen molar-refractivity contribution in [3.05, 3.63) is 29.8 Å². The predicted molar refractivity (Wildman–Crippen MR) is 86.4 cm³/mol. The lowest BCUT2D eigenvalue weighted by atomic mass is 10.0. The molecule has 1 aromatic rings. The molecule has 0 radical (unpaired) electrons. The van der Waals surface area contributed by atoms with Crippen LogP contribution in [0, 0.1) is 0 Å². The molecule has 0 amide bonds. The fraction of sp³-hybridized carbons (Fsp3) is 0.647. The lowest BCUT2D eigenvalue weighted by molar-refractivity contribution is 0.205. The molecule has 1 aromatic carbocycles. The van der Waals surface area contributed by atoms with E-state index in [0.29, 0.717) is 12.1 Å². The molecule has 0 spiro atoms. The van der Waals surface area contributed by atoms with Crippen LogP contribution >= 0.6 is 0 Å². The highest BCUT2D eigenvalue weighted by atomic mass is 16.5. The van der Waals surface area contributed by atoms with Crippen LogP contribution in [-0.4, -0.2) is 38.2 Å². The van der Waals surface area contributed by atoms with Gasteiger partial charge in [-0.3, -0.25) is 0 Å². The zero-order valence-corrected chi connectivity index (χ0v) is 13.6. The Bertz CT molecular complexity index is 377. The van der Waals surface area contributed by atoms with E-state index < -0.39 is 0 Å². The molecular weight excluding hydrogens is 248 g/mol. The molecule has 1 unspecified atom stereocenters. The molecule has 0 bridgehead atoms. The molecule has 0 aliphatic rings. The van der Waals surface area contributed by atoms with Gasteiger partial charge in [0.05, 0.1) is 7.11 Å². The number of nitrogens with zero attached hydrogens (tertiary/aromatic N) is 1. The van der Waals surface area contributed by atoms with Gasteiger partial charge in [-0.15, -0.1) is 0 Å². The third-order valence-corrected chi connectivity index (χ3v) is 4.00. The summed E-state index contributed by atoms with van der Waals surface area (Å²) in [5.74, 6) is 0.969. The van der Waals surface area contributed by atoms with Gasteiger partial charge in [-0.25, -0.2) is 0 Å². The van der Waals surface area contributed by atoms with Crippen molar-refractivity contribution in [1.82, 2.24) is 10.2 Å². The predicted octanol–water partition coefficient (Wildman–Crippen LogP) is 3.47. The lowest BCUT2D eigenvalue weighted by Crippen LogP contribution is -2.38. The largest absolute Gasteiger partial charge is 0.496 e. The van der Waals surface area contributed by atoms with Gasteiger partial charge < -0.3 is 15.0 Å². The van der Waals surface area contributed by atoms with Crippen LogP contribution < -0.4 is 10.1 Å². The maximum absolute atomic E-state index is 5.51. The molecule has 1 atom stereocenters. The molecular formula is C17H30N2O.